The summed E-state index contributed by atoms with van der Waals surface area (Å²) in [6.45, 7) is -0.198. The molecule has 6 heteroatoms. The lowest BCUT2D eigenvalue weighted by atomic mass is 10.1. The number of carbonyl (C=O) groups is 2. The Morgan fingerprint density at radius 1 is 0.897 bits per heavy atom. The van der Waals surface area contributed by atoms with E-state index in [0.29, 0.717) is 16.9 Å². The molecule has 0 aliphatic carbocycles. The van der Waals surface area contributed by atoms with Gasteiger partial charge >= 0.3 is 0 Å². The van der Waals surface area contributed by atoms with Gasteiger partial charge in [-0.15, -0.1) is 0 Å². The summed E-state index contributed by atoms with van der Waals surface area (Å²) >= 11 is 0. The van der Waals surface area contributed by atoms with Crippen LogP contribution in [0.1, 0.15) is 12.0 Å². The molecule has 1 aromatic heterocycles. The minimum Gasteiger partial charge on any atom is -0.392 e. The molecule has 1 saturated heterocycles. The van der Waals surface area contributed by atoms with Gasteiger partial charge in [0, 0.05) is 16.5 Å². The zero-order chi connectivity index (χ0) is 20.0. The van der Waals surface area contributed by atoms with Crippen molar-refractivity contribution < 1.29 is 14.7 Å². The van der Waals surface area contributed by atoms with Crippen LogP contribution < -0.4 is 10.2 Å². The van der Waals surface area contributed by atoms with E-state index in [1.807, 2.05) is 54.6 Å². The molecule has 0 radical (unpaired) electrons. The minimum atomic E-state index is -0.240. The number of pyridine rings is 1. The van der Waals surface area contributed by atoms with Gasteiger partial charge in [0.15, 0.2) is 0 Å². The van der Waals surface area contributed by atoms with E-state index in [4.69, 9.17) is 4.98 Å². The van der Waals surface area contributed by atoms with E-state index in [-0.39, 0.29) is 24.8 Å². The average Bonchev–Trinajstić information content (AvgIpc) is 2.73. The van der Waals surface area contributed by atoms with Crippen LogP contribution in [-0.4, -0.2) is 21.9 Å². The summed E-state index contributed by atoms with van der Waals surface area (Å²) in [5.74, 6) is -0.480. The summed E-state index contributed by atoms with van der Waals surface area (Å²) in [5.41, 5.74) is 4.36. The number of aliphatic hydroxyl groups excluding tert-OH is 1. The summed E-state index contributed by atoms with van der Waals surface area (Å²) < 4.78 is 0. The fraction of sp³-hybridized carbons (Fsp3) is 0.0870. The maximum atomic E-state index is 11.9. The molecule has 6 nitrogen and oxygen atoms in total. The smallest absolute Gasteiger partial charge is 0.243 e. The number of para-hydroxylation sites is 2. The Morgan fingerprint density at radius 3 is 2.10 bits per heavy atom. The molecule has 142 valence electrons. The number of β-lactam (4-membered cyclic amide) rings is 2. The van der Waals surface area contributed by atoms with Crippen LogP contribution in [0.3, 0.4) is 0 Å². The molecule has 5 rings (SSSR count). The molecular weight excluding hydrogens is 366 g/mol. The number of aliphatic hydroxyl groups is 1. The van der Waals surface area contributed by atoms with E-state index in [1.165, 1.54) is 0 Å². The predicted octanol–water partition coefficient (Wildman–Crippen LogP) is 3.89. The Bertz CT molecular complexity index is 1230. The molecule has 1 aliphatic rings. The van der Waals surface area contributed by atoms with E-state index in [0.717, 1.165) is 32.4 Å². The van der Waals surface area contributed by atoms with E-state index in [2.05, 4.69) is 5.32 Å². The van der Waals surface area contributed by atoms with Gasteiger partial charge < -0.3 is 10.4 Å². The number of carbonyl (C=O) groups excluding carboxylic acids is 2. The Hall–Kier alpha value is -3.77. The second-order valence-electron chi connectivity index (χ2n) is 6.99. The SMILES string of the molecule is O=C1CC(=O)N1c1cc(CO)cc(Nc2c3ccccc3nc3ccccc23)c1. The standard InChI is InChI=1S/C23H17N3O3/c27-13-14-9-15(11-16(10-14)26-21(28)12-22(26)29)24-23-17-5-1-3-7-19(17)25-20-8-4-2-6-18(20)23/h1-11,27H,12-13H2,(H,24,25). The fourth-order valence-electron chi connectivity index (χ4n) is 3.71. The zero-order valence-electron chi connectivity index (χ0n) is 15.4. The Balaban J connectivity index is 1.67. The molecule has 0 saturated carbocycles. The molecule has 3 aromatic carbocycles. The van der Waals surface area contributed by atoms with Crippen molar-refractivity contribution in [3.63, 3.8) is 0 Å². The number of hydrogen-bond acceptors (Lipinski definition) is 5. The van der Waals surface area contributed by atoms with Gasteiger partial charge in [0.25, 0.3) is 0 Å². The summed E-state index contributed by atoms with van der Waals surface area (Å²) in [6, 6.07) is 20.9. The molecule has 29 heavy (non-hydrogen) atoms. The maximum absolute atomic E-state index is 11.9. The minimum absolute atomic E-state index is 0.0776. The maximum Gasteiger partial charge on any atom is 0.243 e. The highest BCUT2D eigenvalue weighted by Gasteiger charge is 2.35. The number of aromatic nitrogens is 1. The fourth-order valence-corrected chi connectivity index (χ4v) is 3.71. The van der Waals surface area contributed by atoms with Crippen LogP contribution in [0.15, 0.2) is 66.7 Å². The van der Waals surface area contributed by atoms with E-state index in [1.54, 1.807) is 12.1 Å². The first kappa shape index (κ1) is 17.3. The van der Waals surface area contributed by atoms with Crippen molar-refractivity contribution in [2.75, 3.05) is 10.2 Å². The quantitative estimate of drug-likeness (QED) is 0.317. The van der Waals surface area contributed by atoms with Crippen LogP contribution in [0.25, 0.3) is 21.8 Å². The normalized spacial score (nSPS) is 13.8. The van der Waals surface area contributed by atoms with Gasteiger partial charge in [0.2, 0.25) is 11.8 Å². The summed E-state index contributed by atoms with van der Waals surface area (Å²) in [7, 11) is 0. The molecule has 2 heterocycles. The highest BCUT2D eigenvalue weighted by molar-refractivity contribution is 6.31. The highest BCUT2D eigenvalue weighted by Crippen LogP contribution is 2.35. The lowest BCUT2D eigenvalue weighted by molar-refractivity contribution is -0.136. The highest BCUT2D eigenvalue weighted by atomic mass is 16.3. The van der Waals surface area contributed by atoms with Gasteiger partial charge in [-0.2, -0.15) is 0 Å². The van der Waals surface area contributed by atoms with Gasteiger partial charge in [-0.25, -0.2) is 9.88 Å². The molecule has 2 amide bonds. The van der Waals surface area contributed by atoms with Crippen molar-refractivity contribution in [2.45, 2.75) is 13.0 Å². The largest absolute Gasteiger partial charge is 0.392 e. The molecular formula is C23H17N3O3. The van der Waals surface area contributed by atoms with Crippen LogP contribution in [0.2, 0.25) is 0 Å². The van der Waals surface area contributed by atoms with E-state index in [9.17, 15) is 14.7 Å². The molecule has 2 N–H and O–H groups in total. The van der Waals surface area contributed by atoms with Gasteiger partial charge in [0.1, 0.15) is 6.42 Å². The third kappa shape index (κ3) is 2.90. The number of nitrogens with one attached hydrogen (secondary N) is 1. The first-order valence-corrected chi connectivity index (χ1v) is 9.29. The molecule has 4 aromatic rings. The number of nitrogens with zero attached hydrogens (tertiary/aromatic N) is 2. The summed E-state index contributed by atoms with van der Waals surface area (Å²) in [5, 5.41) is 15.0. The molecule has 1 fully saturated rings. The van der Waals surface area contributed by atoms with E-state index >= 15 is 0 Å². The Kier molecular flexibility index (Phi) is 4.00. The summed E-state index contributed by atoms with van der Waals surface area (Å²) in [6.07, 6.45) is -0.0776. The van der Waals surface area contributed by atoms with Crippen LogP contribution in [0.4, 0.5) is 17.1 Å². The van der Waals surface area contributed by atoms with Gasteiger partial charge in [-0.05, 0) is 35.9 Å². The molecule has 1 aliphatic heterocycles. The topological polar surface area (TPSA) is 82.5 Å². The third-order valence-corrected chi connectivity index (χ3v) is 5.08. The number of imide groups is 1. The summed E-state index contributed by atoms with van der Waals surface area (Å²) in [4.78, 5) is 29.6. The molecule has 0 bridgehead atoms. The molecule has 0 spiro atoms. The Labute approximate surface area is 166 Å². The molecule has 0 unspecified atom stereocenters. The average molecular weight is 383 g/mol. The lowest BCUT2D eigenvalue weighted by Gasteiger charge is -2.29. The van der Waals surface area contributed by atoms with Crippen LogP contribution in [0, 0.1) is 0 Å². The van der Waals surface area contributed by atoms with Crippen LogP contribution >= 0.6 is 0 Å². The second-order valence-corrected chi connectivity index (χ2v) is 6.99. The van der Waals surface area contributed by atoms with Gasteiger partial charge in [-0.1, -0.05) is 36.4 Å². The van der Waals surface area contributed by atoms with Crippen LogP contribution in [0.5, 0.6) is 0 Å². The molecule has 0 atom stereocenters. The van der Waals surface area contributed by atoms with Crippen molar-refractivity contribution in [1.29, 1.82) is 0 Å². The van der Waals surface area contributed by atoms with Crippen molar-refractivity contribution in [3.05, 3.63) is 72.3 Å². The number of rotatable bonds is 4. The first-order chi connectivity index (χ1) is 14.1. The number of hydrogen-bond donors (Lipinski definition) is 2. The monoisotopic (exact) mass is 383 g/mol. The number of anilines is 3. The van der Waals surface area contributed by atoms with E-state index < -0.39 is 0 Å². The van der Waals surface area contributed by atoms with Crippen molar-refractivity contribution in [2.24, 2.45) is 0 Å². The number of benzene rings is 3. The predicted molar refractivity (Wildman–Crippen MR) is 112 cm³/mol. The third-order valence-electron chi connectivity index (χ3n) is 5.08. The first-order valence-electron chi connectivity index (χ1n) is 9.29. The zero-order valence-corrected chi connectivity index (χ0v) is 15.4. The van der Waals surface area contributed by atoms with Crippen molar-refractivity contribution in [1.82, 2.24) is 4.98 Å². The lowest BCUT2D eigenvalue weighted by Crippen LogP contribution is -2.49. The van der Waals surface area contributed by atoms with Gasteiger partial charge in [0.05, 0.1) is 29.0 Å². The number of amides is 2. The van der Waals surface area contributed by atoms with Crippen LogP contribution in [-0.2, 0) is 16.2 Å². The van der Waals surface area contributed by atoms with Crippen molar-refractivity contribution in [3.8, 4) is 0 Å². The Morgan fingerprint density at radius 2 is 1.52 bits per heavy atom. The second kappa shape index (κ2) is 6.68. The van der Waals surface area contributed by atoms with Gasteiger partial charge in [-0.3, -0.25) is 9.59 Å². The van der Waals surface area contributed by atoms with Crippen molar-refractivity contribution >= 4 is 50.7 Å². The number of fused-ring (bicyclic) bond motifs is 2.